The third-order valence-corrected chi connectivity index (χ3v) is 3.51. The van der Waals surface area contributed by atoms with E-state index in [0.29, 0.717) is 0 Å². The maximum Gasteiger partial charge on any atom is 0.0712 e. The lowest BCUT2D eigenvalue weighted by Crippen LogP contribution is -2.04. The van der Waals surface area contributed by atoms with Crippen molar-refractivity contribution in [3.8, 4) is 0 Å². The highest BCUT2D eigenvalue weighted by Gasteiger charge is 2.07. The molecule has 1 aliphatic heterocycles. The van der Waals surface area contributed by atoms with Crippen LogP contribution in [0.2, 0.25) is 0 Å². The van der Waals surface area contributed by atoms with Gasteiger partial charge in [0.05, 0.1) is 5.08 Å². The van der Waals surface area contributed by atoms with E-state index in [4.69, 9.17) is 0 Å². The minimum Gasteiger partial charge on any atom is -0.145 e. The molecule has 0 bridgehead atoms. The van der Waals surface area contributed by atoms with Crippen molar-refractivity contribution in [1.29, 1.82) is 0 Å². The summed E-state index contributed by atoms with van der Waals surface area (Å²) in [4.78, 5) is 0. The molecule has 1 rings (SSSR count). The molecule has 1 fully saturated rings. The molecule has 0 unspecified atom stereocenters. The molecule has 1 radical (unpaired) electrons. The molecule has 7 heavy (non-hydrogen) atoms. The Bertz CT molecular complexity index is 48.0. The van der Waals surface area contributed by atoms with Crippen molar-refractivity contribution in [3.63, 3.8) is 0 Å². The summed E-state index contributed by atoms with van der Waals surface area (Å²) < 4.78 is 0. The Hall–Kier alpha value is 0.700. The summed E-state index contributed by atoms with van der Waals surface area (Å²) in [6.45, 7) is 2.30. The van der Waals surface area contributed by atoms with E-state index in [1.165, 1.54) is 11.5 Å². The molecular formula is C5H9S2. The average molecular weight is 133 g/mol. The molecule has 41 valence electrons. The monoisotopic (exact) mass is 133 g/mol. The van der Waals surface area contributed by atoms with Gasteiger partial charge in [0.15, 0.2) is 0 Å². The van der Waals surface area contributed by atoms with Crippen molar-refractivity contribution >= 4 is 23.5 Å². The summed E-state index contributed by atoms with van der Waals surface area (Å²) in [6, 6.07) is 0. The van der Waals surface area contributed by atoms with Crippen molar-refractivity contribution in [3.05, 3.63) is 5.08 Å². The zero-order valence-electron chi connectivity index (χ0n) is 4.39. The molecule has 1 heterocycles. The van der Waals surface area contributed by atoms with E-state index < -0.39 is 0 Å². The van der Waals surface area contributed by atoms with Gasteiger partial charge in [-0.05, 0) is 17.4 Å². The van der Waals surface area contributed by atoms with Crippen LogP contribution in [0.15, 0.2) is 0 Å². The molecule has 2 heteroatoms. The molecule has 0 N–H and O–H groups in total. The van der Waals surface area contributed by atoms with Crippen LogP contribution < -0.4 is 0 Å². The molecule has 0 saturated carbocycles. The van der Waals surface area contributed by atoms with Crippen LogP contribution >= 0.6 is 23.5 Å². The second-order valence-corrected chi connectivity index (χ2v) is 3.97. The van der Waals surface area contributed by atoms with Crippen molar-refractivity contribution in [1.82, 2.24) is 0 Å². The third-order valence-electron chi connectivity index (χ3n) is 0.898. The Labute approximate surface area is 53.4 Å². The molecule has 0 spiro atoms. The van der Waals surface area contributed by atoms with Crippen LogP contribution in [-0.2, 0) is 0 Å². The number of rotatable bonds is 0. The molecule has 0 nitrogen and oxygen atoms in total. The normalized spacial score (nSPS) is 25.3. The van der Waals surface area contributed by atoms with Crippen molar-refractivity contribution in [2.45, 2.75) is 6.92 Å². The van der Waals surface area contributed by atoms with Gasteiger partial charge < -0.3 is 0 Å². The van der Waals surface area contributed by atoms with Gasteiger partial charge in [-0.25, -0.2) is 0 Å². The summed E-state index contributed by atoms with van der Waals surface area (Å²) >= 11 is 3.88. The zero-order chi connectivity index (χ0) is 5.11. The third kappa shape index (κ3) is 1.96. The fourth-order valence-corrected chi connectivity index (χ4v) is 2.56. The second-order valence-electron chi connectivity index (χ2n) is 1.87. The first-order valence-electron chi connectivity index (χ1n) is 2.44. The summed E-state index contributed by atoms with van der Waals surface area (Å²) in [5, 5.41) is 2.24. The van der Waals surface area contributed by atoms with E-state index in [0.717, 1.165) is 5.92 Å². The van der Waals surface area contributed by atoms with Crippen molar-refractivity contribution in [2.24, 2.45) is 5.92 Å². The lowest BCUT2D eigenvalue weighted by Gasteiger charge is -2.14. The molecule has 0 aliphatic carbocycles. The van der Waals surface area contributed by atoms with E-state index in [2.05, 4.69) is 12.0 Å². The van der Waals surface area contributed by atoms with E-state index in [9.17, 15) is 0 Å². The quantitative estimate of drug-likeness (QED) is 0.497. The van der Waals surface area contributed by atoms with E-state index in [1.807, 2.05) is 23.5 Å². The molecule has 0 aromatic heterocycles. The fourth-order valence-electron chi connectivity index (χ4n) is 0.503. The Morgan fingerprint density at radius 1 is 1.43 bits per heavy atom. The summed E-state index contributed by atoms with van der Waals surface area (Å²) in [5.41, 5.74) is 0. The molecule has 0 amide bonds. The standard InChI is InChI=1S/C5H9S2/c1-5-2-6-4-7-3-5/h4-5H,2-3H2,1H3. The summed E-state index contributed by atoms with van der Waals surface area (Å²) in [7, 11) is 0. The van der Waals surface area contributed by atoms with E-state index in [-0.39, 0.29) is 0 Å². The van der Waals surface area contributed by atoms with E-state index in [1.54, 1.807) is 0 Å². The predicted octanol–water partition coefficient (Wildman–Crippen LogP) is 2.22. The van der Waals surface area contributed by atoms with Crippen LogP contribution in [0.25, 0.3) is 0 Å². The number of hydrogen-bond donors (Lipinski definition) is 0. The van der Waals surface area contributed by atoms with Crippen LogP contribution in [0.5, 0.6) is 0 Å². The van der Waals surface area contributed by atoms with Gasteiger partial charge in [-0.3, -0.25) is 0 Å². The highest BCUT2D eigenvalue weighted by molar-refractivity contribution is 8.19. The first-order valence-corrected chi connectivity index (χ1v) is 4.54. The SMILES string of the molecule is CC1CS[CH]SC1. The molecule has 0 aromatic carbocycles. The second kappa shape index (κ2) is 2.88. The topological polar surface area (TPSA) is 0 Å². The number of thioether (sulfide) groups is 2. The fraction of sp³-hybridized carbons (Fsp3) is 0.800. The first kappa shape index (κ1) is 5.83. The van der Waals surface area contributed by atoms with Gasteiger partial charge in [0.1, 0.15) is 0 Å². The molecule has 1 aliphatic rings. The zero-order valence-corrected chi connectivity index (χ0v) is 6.02. The van der Waals surface area contributed by atoms with E-state index >= 15 is 0 Å². The van der Waals surface area contributed by atoms with Crippen LogP contribution in [0, 0.1) is 11.0 Å². The number of hydrogen-bond acceptors (Lipinski definition) is 2. The first-order chi connectivity index (χ1) is 3.39. The van der Waals surface area contributed by atoms with Crippen LogP contribution in [-0.4, -0.2) is 11.5 Å². The van der Waals surface area contributed by atoms with Crippen LogP contribution in [0.3, 0.4) is 0 Å². The largest absolute Gasteiger partial charge is 0.145 e. The Morgan fingerprint density at radius 3 is 2.29 bits per heavy atom. The van der Waals surface area contributed by atoms with Gasteiger partial charge in [0.25, 0.3) is 0 Å². The Balaban J connectivity index is 2.12. The lowest BCUT2D eigenvalue weighted by molar-refractivity contribution is 0.763. The Morgan fingerprint density at radius 2 is 2.00 bits per heavy atom. The lowest BCUT2D eigenvalue weighted by atomic mass is 10.3. The Kier molecular flexibility index (Phi) is 2.40. The maximum absolute atomic E-state index is 2.30. The minimum atomic E-state index is 0.931. The minimum absolute atomic E-state index is 0.931. The average Bonchev–Trinajstić information content (AvgIpc) is 1.69. The van der Waals surface area contributed by atoms with Crippen LogP contribution in [0.1, 0.15) is 6.92 Å². The van der Waals surface area contributed by atoms with Crippen molar-refractivity contribution in [2.75, 3.05) is 11.5 Å². The summed E-state index contributed by atoms with van der Waals surface area (Å²) in [6.07, 6.45) is 0. The smallest absolute Gasteiger partial charge is 0.0712 e. The van der Waals surface area contributed by atoms with Gasteiger partial charge >= 0.3 is 0 Å². The molecule has 1 saturated heterocycles. The van der Waals surface area contributed by atoms with Gasteiger partial charge in [-0.15, -0.1) is 23.5 Å². The summed E-state index contributed by atoms with van der Waals surface area (Å²) in [5.74, 6) is 3.58. The highest BCUT2D eigenvalue weighted by atomic mass is 32.2. The van der Waals surface area contributed by atoms with Crippen LogP contribution in [0.4, 0.5) is 0 Å². The molecule has 0 aromatic rings. The predicted molar refractivity (Wildman–Crippen MR) is 38.4 cm³/mol. The van der Waals surface area contributed by atoms with Gasteiger partial charge in [0.2, 0.25) is 0 Å². The van der Waals surface area contributed by atoms with Gasteiger partial charge in [-0.1, -0.05) is 6.92 Å². The highest BCUT2D eigenvalue weighted by Crippen LogP contribution is 2.28. The van der Waals surface area contributed by atoms with Gasteiger partial charge in [0, 0.05) is 0 Å². The van der Waals surface area contributed by atoms with Crippen molar-refractivity contribution < 1.29 is 0 Å². The molecule has 0 atom stereocenters. The maximum atomic E-state index is 2.30. The molecular weight excluding hydrogens is 124 g/mol. The van der Waals surface area contributed by atoms with Gasteiger partial charge in [-0.2, -0.15) is 0 Å².